The summed E-state index contributed by atoms with van der Waals surface area (Å²) in [5, 5.41) is 173. The predicted octanol–water partition coefficient (Wildman–Crippen LogP) is -15.9. The highest BCUT2D eigenvalue weighted by Gasteiger charge is 2.63. The van der Waals surface area contributed by atoms with Crippen LogP contribution in [0.3, 0.4) is 0 Å². The molecule has 0 aromatic carbocycles. The maximum atomic E-state index is 12.1. The molecule has 2 saturated carbocycles. The van der Waals surface area contributed by atoms with Gasteiger partial charge in [0.05, 0.1) is 49.6 Å². The van der Waals surface area contributed by atoms with Crippen molar-refractivity contribution in [2.75, 3.05) is 27.3 Å². The minimum atomic E-state index is -2.39. The Labute approximate surface area is 454 Å². The number of carbonyl (C=O) groups is 2. The topological polar surface area (TPSA) is 668 Å². The van der Waals surface area contributed by atoms with E-state index in [1.54, 1.807) is 0 Å². The molecule has 4 aliphatic heterocycles. The Balaban J connectivity index is 0.000000294. The fourth-order valence-corrected chi connectivity index (χ4v) is 10.3. The molecule has 38 nitrogen and oxygen atoms in total. The minimum Gasteiger partial charge on any atom is -0.394 e. The van der Waals surface area contributed by atoms with E-state index in [0.717, 1.165) is 0 Å². The Bertz CT molecular complexity index is 2000. The summed E-state index contributed by atoms with van der Waals surface area (Å²) in [6.45, 7) is 1.23. The first-order valence-electron chi connectivity index (χ1n) is 24.8. The molecule has 6 rings (SSSR count). The van der Waals surface area contributed by atoms with Crippen LogP contribution in [0.2, 0.25) is 0 Å². The molecule has 6 aliphatic rings. The molecule has 4 heterocycles. The Kier molecular flexibility index (Phi) is 22.6. The van der Waals surface area contributed by atoms with Gasteiger partial charge in [0.1, 0.15) is 110 Å². The monoisotopic (exact) mass is 1160 g/mol. The van der Waals surface area contributed by atoms with Gasteiger partial charge in [0.2, 0.25) is 0 Å². The third-order valence-corrected chi connectivity index (χ3v) is 14.8. The van der Waals surface area contributed by atoms with Crippen LogP contribution in [0, 0.1) is 10.8 Å². The summed E-state index contributed by atoms with van der Waals surface area (Å²) in [6, 6.07) is -8.03. The summed E-state index contributed by atoms with van der Waals surface area (Å²) in [5.74, 6) is -2.32. The van der Waals surface area contributed by atoms with E-state index in [9.17, 15) is 81.1 Å². The number of guanidine groups is 4. The van der Waals surface area contributed by atoms with Crippen molar-refractivity contribution in [2.24, 2.45) is 44.4 Å². The summed E-state index contributed by atoms with van der Waals surface area (Å²) in [7, 11) is 2.83. The van der Waals surface area contributed by atoms with Crippen molar-refractivity contribution in [1.82, 2.24) is 21.3 Å². The summed E-state index contributed by atoms with van der Waals surface area (Å²) in [4.78, 5) is 31.9. The van der Waals surface area contributed by atoms with Gasteiger partial charge in [-0.15, -0.1) is 0 Å². The zero-order chi connectivity index (χ0) is 60.2. The number of aldehydes is 2. The molecule has 80 heavy (non-hydrogen) atoms. The van der Waals surface area contributed by atoms with Gasteiger partial charge >= 0.3 is 0 Å². The van der Waals surface area contributed by atoms with E-state index in [2.05, 4.69) is 31.3 Å². The number of nitrogens with zero attached hydrogens (tertiary/aromatic N) is 2. The molecular formula is C42H78N14O24. The van der Waals surface area contributed by atoms with Gasteiger partial charge in [-0.1, -0.05) is 0 Å². The summed E-state index contributed by atoms with van der Waals surface area (Å²) < 4.78 is 45.9. The van der Waals surface area contributed by atoms with Crippen molar-refractivity contribution in [3.63, 3.8) is 0 Å². The van der Waals surface area contributed by atoms with Crippen molar-refractivity contribution < 1.29 is 119 Å². The Morgan fingerprint density at radius 3 is 1.07 bits per heavy atom. The van der Waals surface area contributed by atoms with Crippen LogP contribution in [0.5, 0.6) is 0 Å². The number of aliphatic imine (C=N–C) groups is 2. The molecule has 2 aliphatic carbocycles. The van der Waals surface area contributed by atoms with Crippen LogP contribution >= 0.6 is 0 Å². The number of aliphatic hydroxyl groups is 14. The number of hydrogen-bond donors (Lipinski definition) is 26. The second kappa shape index (κ2) is 27.2. The molecule has 0 spiro atoms. The quantitative estimate of drug-likeness (QED) is 0.0344. The van der Waals surface area contributed by atoms with Crippen molar-refractivity contribution >= 4 is 36.4 Å². The van der Waals surface area contributed by atoms with Gasteiger partial charge in [0, 0.05) is 0 Å². The number of ether oxygens (including phenoxy) is 8. The fourth-order valence-electron chi connectivity index (χ4n) is 10.3. The highest BCUT2D eigenvalue weighted by atomic mass is 16.8. The second-order valence-corrected chi connectivity index (χ2v) is 19.9. The van der Waals surface area contributed by atoms with Crippen LogP contribution in [0.25, 0.3) is 0 Å². The molecule has 0 unspecified atom stereocenters. The average Bonchev–Trinajstić information content (AvgIpc) is 3.83. The number of carbonyl (C=O) groups excluding carboxylic acids is 2. The maximum Gasteiger partial charge on any atom is 0.188 e. The van der Waals surface area contributed by atoms with Gasteiger partial charge in [0.25, 0.3) is 0 Å². The van der Waals surface area contributed by atoms with Crippen LogP contribution in [-0.2, 0) is 47.5 Å². The summed E-state index contributed by atoms with van der Waals surface area (Å²) >= 11 is 0. The number of rotatable bonds is 18. The molecule has 0 aromatic heterocycles. The zero-order valence-electron chi connectivity index (χ0n) is 43.4. The van der Waals surface area contributed by atoms with E-state index in [1.165, 1.54) is 27.9 Å². The predicted molar refractivity (Wildman–Crippen MR) is 264 cm³/mol. The van der Waals surface area contributed by atoms with E-state index >= 15 is 0 Å². The molecule has 0 aromatic rings. The lowest BCUT2D eigenvalue weighted by atomic mass is 9.81. The van der Waals surface area contributed by atoms with E-state index < -0.39 is 220 Å². The van der Waals surface area contributed by atoms with Gasteiger partial charge in [-0.2, -0.15) is 0 Å². The number of likely N-dealkylation sites (N-methyl/N-ethyl adjacent to an activating group) is 2. The third-order valence-electron chi connectivity index (χ3n) is 14.8. The van der Waals surface area contributed by atoms with E-state index in [-0.39, 0.29) is 12.6 Å². The van der Waals surface area contributed by atoms with Crippen LogP contribution in [-0.4, -0.2) is 318 Å². The number of nitrogens with two attached hydrogens (primary N) is 6. The van der Waals surface area contributed by atoms with Crippen molar-refractivity contribution in [1.29, 1.82) is 10.8 Å². The molecule has 32 N–H and O–H groups in total. The third kappa shape index (κ3) is 13.4. The molecular weight excluding hydrogens is 1080 g/mol. The van der Waals surface area contributed by atoms with Gasteiger partial charge in [0.15, 0.2) is 72.8 Å². The minimum absolute atomic E-state index is 0.138. The molecule has 0 radical (unpaired) electrons. The normalized spacial score (nSPS) is 47.4. The van der Waals surface area contributed by atoms with Gasteiger partial charge in [-0.25, -0.2) is 9.98 Å². The van der Waals surface area contributed by atoms with Gasteiger partial charge < -0.3 is 165 Å². The summed E-state index contributed by atoms with van der Waals surface area (Å²) in [6.07, 6.45) is -34.6. The number of hydrogen-bond acceptors (Lipinski definition) is 30. The standard InChI is InChI=1S/2C21H39N7O12/c2*1-5-21(36,4-30)16(40-17-9(26-2)13(34)10(31)6(3-29)38-17)18(37-5)39-15-8(28-20(24)25)11(32)7(27-19(22)23)12(33)14(15)35/h2*4-18,26,29,31-36H,3H2,1-2H3,(H4,22,23,27)(H4,24,25,28)/t5-,6-,7-,8+,9-,10-,11-,12+,13-,14-,15+,16-,17-,18-,21+;5-,6-,7-,8+,9-,10-,11-,12+,13-,14-,15-,16-,17-,18-,21+/m11/s1. The van der Waals surface area contributed by atoms with Crippen molar-refractivity contribution in [3.8, 4) is 0 Å². The van der Waals surface area contributed by atoms with E-state index in [0.29, 0.717) is 0 Å². The first-order valence-corrected chi connectivity index (χ1v) is 24.8. The van der Waals surface area contributed by atoms with Crippen LogP contribution in [0.15, 0.2) is 9.98 Å². The molecule has 460 valence electrons. The Morgan fingerprint density at radius 1 is 0.500 bits per heavy atom. The number of aliphatic hydroxyl groups excluding tert-OH is 12. The molecule has 30 atom stereocenters. The highest BCUT2D eigenvalue weighted by molar-refractivity contribution is 5.77. The Hall–Kier alpha value is -4.54. The largest absolute Gasteiger partial charge is 0.394 e. The van der Waals surface area contributed by atoms with Crippen molar-refractivity contribution in [3.05, 3.63) is 0 Å². The first kappa shape index (κ1) is 66.3. The second-order valence-electron chi connectivity index (χ2n) is 19.9. The molecule has 0 bridgehead atoms. The van der Waals surface area contributed by atoms with Crippen LogP contribution in [0.4, 0.5) is 0 Å². The average molecular weight is 1160 g/mol. The van der Waals surface area contributed by atoms with Gasteiger partial charge in [-0.3, -0.25) is 20.4 Å². The smallest absolute Gasteiger partial charge is 0.188 e. The van der Waals surface area contributed by atoms with Crippen LogP contribution in [0.1, 0.15) is 13.8 Å². The van der Waals surface area contributed by atoms with Gasteiger partial charge in [-0.05, 0) is 27.9 Å². The SMILES string of the molecule is CN[C@H]1[C@@H](O[C@@H]2[C@@H](O[C@@H]3[C@H](O)[C@@H](O)[C@H](NC(=N)N)[C@@H](O)[C@@H]3N=C(N)N)O[C@H](C)[C@@]2(O)C=O)O[C@H](CO)[C@@H](O)[C@@H]1O.CN[C@H]1[C@@H](O[C@@H]2[C@@H](O[C@H]3[C@H](O)[C@@H](O)[C@H](NC(=N)N)[C@@H](O)[C@@H]3N=C(N)N)O[C@H](C)[C@@]2(O)C=O)O[C@H](CO)[C@@H](O)[C@@H]1O. The highest BCUT2D eigenvalue weighted by Crippen LogP contribution is 2.40. The lowest BCUT2D eigenvalue weighted by Gasteiger charge is -2.46. The maximum absolute atomic E-state index is 12.1. The fraction of sp³-hybridized carbons (Fsp3) is 0.857. The van der Waals surface area contributed by atoms with E-state index in [4.69, 9.17) is 83.1 Å². The van der Waals surface area contributed by atoms with Crippen LogP contribution < -0.4 is 55.7 Å². The molecule has 0 amide bonds. The Morgan fingerprint density at radius 2 is 0.812 bits per heavy atom. The number of nitrogens with one attached hydrogen (secondary N) is 6. The lowest BCUT2D eigenvalue weighted by molar-refractivity contribution is -0.314. The zero-order valence-corrected chi connectivity index (χ0v) is 43.4. The molecule has 4 saturated heterocycles. The first-order chi connectivity index (χ1) is 37.4. The molecule has 38 heteroatoms. The molecule has 6 fully saturated rings. The van der Waals surface area contributed by atoms with E-state index in [1.807, 2.05) is 0 Å². The lowest BCUT2D eigenvalue weighted by Crippen LogP contribution is -2.70. The summed E-state index contributed by atoms with van der Waals surface area (Å²) in [5.41, 5.74) is 27.9. The van der Waals surface area contributed by atoms with Crippen molar-refractivity contribution in [2.45, 2.75) is 196 Å².